The van der Waals surface area contributed by atoms with Gasteiger partial charge in [0.25, 0.3) is 0 Å². The fraction of sp³-hybridized carbons (Fsp3) is 0.556. The van der Waals surface area contributed by atoms with Crippen molar-refractivity contribution >= 4 is 11.8 Å². The first-order valence-electron chi connectivity index (χ1n) is 8.25. The second-order valence-corrected chi connectivity index (χ2v) is 6.46. The lowest BCUT2D eigenvalue weighted by molar-refractivity contribution is -0.141. The highest BCUT2D eigenvalue weighted by Gasteiger charge is 2.35. The Labute approximate surface area is 149 Å². The van der Waals surface area contributed by atoms with Crippen LogP contribution in [-0.4, -0.2) is 64.2 Å². The Morgan fingerprint density at radius 2 is 1.52 bits per heavy atom. The molecule has 140 valence electrons. The molecule has 7 heteroatoms. The third-order valence-corrected chi connectivity index (χ3v) is 3.70. The Kier molecular flexibility index (Phi) is 8.21. The molecule has 0 heterocycles. The molecule has 2 N–H and O–H groups in total. The summed E-state index contributed by atoms with van der Waals surface area (Å²) in [7, 11) is 5.45. The molecule has 0 atom stereocenters. The number of carbonyl (C=O) groups is 2. The lowest BCUT2D eigenvalue weighted by Crippen LogP contribution is -2.49. The molecule has 0 aliphatic rings. The SMILES string of the molecule is COc1ccc(OCCNC(=O)C(C)(C)C(=O)NCCN(C)C)cc1. The van der Waals surface area contributed by atoms with Crippen molar-refractivity contribution in [3.63, 3.8) is 0 Å². The van der Waals surface area contributed by atoms with Crippen molar-refractivity contribution in [3.8, 4) is 11.5 Å². The number of carbonyl (C=O) groups excluding carboxylic acids is 2. The molecule has 0 spiro atoms. The van der Waals surface area contributed by atoms with Gasteiger partial charge in [0.1, 0.15) is 23.5 Å². The number of hydrogen-bond acceptors (Lipinski definition) is 5. The standard InChI is InChI=1S/C18H29N3O4/c1-18(2,16(22)19-10-12-21(3)4)17(23)20-11-13-25-15-8-6-14(24-5)7-9-15/h6-9H,10-13H2,1-5H3,(H,19,22)(H,20,23). The zero-order valence-electron chi connectivity index (χ0n) is 15.7. The quantitative estimate of drug-likeness (QED) is 0.483. The fourth-order valence-corrected chi connectivity index (χ4v) is 1.94. The largest absolute Gasteiger partial charge is 0.497 e. The average Bonchev–Trinajstić information content (AvgIpc) is 2.58. The van der Waals surface area contributed by atoms with Gasteiger partial charge in [-0.1, -0.05) is 0 Å². The molecule has 1 rings (SSSR count). The third-order valence-electron chi connectivity index (χ3n) is 3.70. The molecule has 0 aromatic heterocycles. The predicted octanol–water partition coefficient (Wildman–Crippen LogP) is 0.894. The molecular formula is C18H29N3O4. The zero-order chi connectivity index (χ0) is 18.9. The van der Waals surface area contributed by atoms with E-state index in [2.05, 4.69) is 10.6 Å². The maximum absolute atomic E-state index is 12.2. The second-order valence-electron chi connectivity index (χ2n) is 6.46. The maximum Gasteiger partial charge on any atom is 0.235 e. The van der Waals surface area contributed by atoms with E-state index < -0.39 is 5.41 Å². The van der Waals surface area contributed by atoms with E-state index in [1.54, 1.807) is 45.2 Å². The predicted molar refractivity (Wildman–Crippen MR) is 96.8 cm³/mol. The van der Waals surface area contributed by atoms with Gasteiger partial charge in [-0.3, -0.25) is 9.59 Å². The molecule has 0 radical (unpaired) electrons. The monoisotopic (exact) mass is 351 g/mol. The van der Waals surface area contributed by atoms with Gasteiger partial charge >= 0.3 is 0 Å². The van der Waals surface area contributed by atoms with Gasteiger partial charge in [-0.2, -0.15) is 0 Å². The molecule has 7 nitrogen and oxygen atoms in total. The summed E-state index contributed by atoms with van der Waals surface area (Å²) < 4.78 is 10.6. The number of amides is 2. The van der Waals surface area contributed by atoms with Crippen LogP contribution >= 0.6 is 0 Å². The summed E-state index contributed by atoms with van der Waals surface area (Å²) in [5.74, 6) is 0.828. The van der Waals surface area contributed by atoms with Crippen LogP contribution in [0.25, 0.3) is 0 Å². The first kappa shape index (κ1) is 20.8. The summed E-state index contributed by atoms with van der Waals surface area (Å²) in [6.45, 7) is 5.08. The summed E-state index contributed by atoms with van der Waals surface area (Å²) in [5.41, 5.74) is -1.13. The number of likely N-dealkylation sites (N-methyl/N-ethyl adjacent to an activating group) is 1. The molecule has 0 aliphatic carbocycles. The van der Waals surface area contributed by atoms with E-state index >= 15 is 0 Å². The highest BCUT2D eigenvalue weighted by atomic mass is 16.5. The van der Waals surface area contributed by atoms with Gasteiger partial charge in [-0.15, -0.1) is 0 Å². The lowest BCUT2D eigenvalue weighted by Gasteiger charge is -2.23. The molecule has 1 aromatic rings. The normalized spacial score (nSPS) is 11.1. The van der Waals surface area contributed by atoms with Crippen LogP contribution in [-0.2, 0) is 9.59 Å². The number of ether oxygens (including phenoxy) is 2. The van der Waals surface area contributed by atoms with Crippen molar-refractivity contribution in [1.29, 1.82) is 0 Å². The van der Waals surface area contributed by atoms with Crippen LogP contribution in [0.3, 0.4) is 0 Å². The van der Waals surface area contributed by atoms with Crippen LogP contribution in [0.5, 0.6) is 11.5 Å². The first-order chi connectivity index (χ1) is 11.8. The lowest BCUT2D eigenvalue weighted by atomic mass is 9.91. The molecular weight excluding hydrogens is 322 g/mol. The summed E-state index contributed by atoms with van der Waals surface area (Å²) in [6, 6.07) is 7.19. The maximum atomic E-state index is 12.2. The average molecular weight is 351 g/mol. The van der Waals surface area contributed by atoms with Crippen LogP contribution in [0, 0.1) is 5.41 Å². The molecule has 25 heavy (non-hydrogen) atoms. The third kappa shape index (κ3) is 7.01. The van der Waals surface area contributed by atoms with Crippen LogP contribution in [0.15, 0.2) is 24.3 Å². The van der Waals surface area contributed by atoms with E-state index in [1.807, 2.05) is 19.0 Å². The van der Waals surface area contributed by atoms with Gasteiger partial charge in [-0.05, 0) is 52.2 Å². The summed E-state index contributed by atoms with van der Waals surface area (Å²) >= 11 is 0. The first-order valence-corrected chi connectivity index (χ1v) is 8.25. The Bertz CT molecular complexity index is 556. The fourth-order valence-electron chi connectivity index (χ4n) is 1.94. The van der Waals surface area contributed by atoms with Gasteiger partial charge in [-0.25, -0.2) is 0 Å². The number of methoxy groups -OCH3 is 1. The van der Waals surface area contributed by atoms with Gasteiger partial charge in [0.05, 0.1) is 13.7 Å². The van der Waals surface area contributed by atoms with E-state index in [0.717, 1.165) is 12.3 Å². The molecule has 0 unspecified atom stereocenters. The Balaban J connectivity index is 2.34. The van der Waals surface area contributed by atoms with Gasteiger partial charge in [0.15, 0.2) is 0 Å². The van der Waals surface area contributed by atoms with E-state index in [4.69, 9.17) is 9.47 Å². The minimum absolute atomic E-state index is 0.289. The Hall–Kier alpha value is -2.28. The van der Waals surface area contributed by atoms with Crippen molar-refractivity contribution < 1.29 is 19.1 Å². The Morgan fingerprint density at radius 3 is 2.04 bits per heavy atom. The molecule has 2 amide bonds. The van der Waals surface area contributed by atoms with E-state index in [-0.39, 0.29) is 11.8 Å². The van der Waals surface area contributed by atoms with Crippen molar-refractivity contribution in [1.82, 2.24) is 15.5 Å². The number of nitrogens with one attached hydrogen (secondary N) is 2. The minimum Gasteiger partial charge on any atom is -0.497 e. The summed E-state index contributed by atoms with van der Waals surface area (Å²) in [4.78, 5) is 26.4. The van der Waals surface area contributed by atoms with Crippen molar-refractivity contribution in [3.05, 3.63) is 24.3 Å². The van der Waals surface area contributed by atoms with Crippen LogP contribution in [0.2, 0.25) is 0 Å². The van der Waals surface area contributed by atoms with Crippen LogP contribution < -0.4 is 20.1 Å². The van der Waals surface area contributed by atoms with Crippen molar-refractivity contribution in [2.24, 2.45) is 5.41 Å². The molecule has 0 saturated heterocycles. The van der Waals surface area contributed by atoms with Gasteiger partial charge < -0.3 is 25.0 Å². The number of nitrogens with zero attached hydrogens (tertiary/aromatic N) is 1. The number of rotatable bonds is 10. The topological polar surface area (TPSA) is 79.9 Å². The van der Waals surface area contributed by atoms with Crippen LogP contribution in [0.4, 0.5) is 0 Å². The van der Waals surface area contributed by atoms with Crippen molar-refractivity contribution in [2.75, 3.05) is 47.4 Å². The Morgan fingerprint density at radius 1 is 1.00 bits per heavy atom. The second kappa shape index (κ2) is 9.88. The molecule has 0 bridgehead atoms. The smallest absolute Gasteiger partial charge is 0.235 e. The number of hydrogen-bond donors (Lipinski definition) is 2. The molecule has 0 aliphatic heterocycles. The summed E-state index contributed by atoms with van der Waals surface area (Å²) in [6.07, 6.45) is 0. The van der Waals surface area contributed by atoms with Crippen LogP contribution in [0.1, 0.15) is 13.8 Å². The van der Waals surface area contributed by atoms with E-state index in [9.17, 15) is 9.59 Å². The van der Waals surface area contributed by atoms with Crippen molar-refractivity contribution in [2.45, 2.75) is 13.8 Å². The summed E-state index contributed by atoms with van der Waals surface area (Å²) in [5, 5.41) is 5.51. The molecule has 0 saturated carbocycles. The molecule has 1 aromatic carbocycles. The molecule has 0 fully saturated rings. The van der Waals surface area contributed by atoms with Gasteiger partial charge in [0.2, 0.25) is 11.8 Å². The minimum atomic E-state index is -1.13. The van der Waals surface area contributed by atoms with Gasteiger partial charge in [0, 0.05) is 13.1 Å². The number of benzene rings is 1. The van der Waals surface area contributed by atoms with E-state index in [0.29, 0.717) is 25.4 Å². The zero-order valence-corrected chi connectivity index (χ0v) is 15.7. The highest BCUT2D eigenvalue weighted by molar-refractivity contribution is 6.04. The van der Waals surface area contributed by atoms with E-state index in [1.165, 1.54) is 0 Å². The highest BCUT2D eigenvalue weighted by Crippen LogP contribution is 2.17.